The molecule has 0 radical (unpaired) electrons. The summed E-state index contributed by atoms with van der Waals surface area (Å²) in [6.07, 6.45) is 5.99. The molecule has 0 bridgehead atoms. The van der Waals surface area contributed by atoms with E-state index in [4.69, 9.17) is 10.5 Å². The summed E-state index contributed by atoms with van der Waals surface area (Å²) >= 11 is 0. The van der Waals surface area contributed by atoms with E-state index >= 15 is 0 Å². The molecule has 6 heteroatoms. The fourth-order valence-electron chi connectivity index (χ4n) is 3.13. The Morgan fingerprint density at radius 3 is 2.84 bits per heavy atom. The van der Waals surface area contributed by atoms with Gasteiger partial charge < -0.3 is 19.8 Å². The molecular weight excluding hydrogens is 316 g/mol. The minimum absolute atomic E-state index is 0.0297. The highest BCUT2D eigenvalue weighted by atomic mass is 16.5. The molecule has 2 aromatic heterocycles. The van der Waals surface area contributed by atoms with Crippen LogP contribution in [0.25, 0.3) is 16.9 Å². The van der Waals surface area contributed by atoms with Crippen LogP contribution in [0.2, 0.25) is 0 Å². The Bertz CT molecular complexity index is 913. The van der Waals surface area contributed by atoms with E-state index in [-0.39, 0.29) is 12.5 Å². The number of imidazole rings is 1. The van der Waals surface area contributed by atoms with Crippen molar-refractivity contribution in [3.63, 3.8) is 0 Å². The number of carbonyl (C=O) groups is 1. The maximum Gasteiger partial charge on any atom is 0.260 e. The minimum atomic E-state index is 0.0297. The third-order valence-corrected chi connectivity index (χ3v) is 4.44. The highest BCUT2D eigenvalue weighted by molar-refractivity contribution is 5.78. The first-order chi connectivity index (χ1) is 12.2. The fraction of sp³-hybridized carbons (Fsp3) is 0.263. The minimum Gasteiger partial charge on any atom is -0.480 e. The molecule has 0 spiro atoms. The molecule has 1 aromatic carbocycles. The monoisotopic (exact) mass is 336 g/mol. The van der Waals surface area contributed by atoms with Gasteiger partial charge in [-0.25, -0.2) is 4.98 Å². The number of nitrogens with two attached hydrogens (primary N) is 1. The van der Waals surface area contributed by atoms with Crippen LogP contribution < -0.4 is 10.5 Å². The smallest absolute Gasteiger partial charge is 0.260 e. The van der Waals surface area contributed by atoms with Gasteiger partial charge in [-0.2, -0.15) is 0 Å². The molecule has 4 rings (SSSR count). The first kappa shape index (κ1) is 15.5. The average Bonchev–Trinajstić information content (AvgIpc) is 3.29. The van der Waals surface area contributed by atoms with Crippen molar-refractivity contribution < 1.29 is 9.53 Å². The highest BCUT2D eigenvalue weighted by Crippen LogP contribution is 2.25. The normalized spacial score (nSPS) is 14.2. The summed E-state index contributed by atoms with van der Waals surface area (Å²) in [5.74, 6) is 0.632. The van der Waals surface area contributed by atoms with Crippen LogP contribution in [0.15, 0.2) is 48.8 Å². The maximum absolute atomic E-state index is 12.2. The SMILES string of the molecule is Nc1cccc(-c2cn3cccc(OCC(=O)N4CCCC4)c3n2)c1. The molecule has 25 heavy (non-hydrogen) atoms. The second-order valence-corrected chi connectivity index (χ2v) is 6.23. The molecule has 1 saturated heterocycles. The summed E-state index contributed by atoms with van der Waals surface area (Å²) in [6, 6.07) is 11.3. The van der Waals surface area contributed by atoms with E-state index in [0.717, 1.165) is 37.2 Å². The number of nitrogens with zero attached hydrogens (tertiary/aromatic N) is 3. The van der Waals surface area contributed by atoms with Gasteiger partial charge in [0.25, 0.3) is 5.91 Å². The van der Waals surface area contributed by atoms with Crippen molar-refractivity contribution >= 4 is 17.2 Å². The van der Waals surface area contributed by atoms with Gasteiger partial charge in [0.2, 0.25) is 0 Å². The zero-order chi connectivity index (χ0) is 17.2. The molecule has 3 heterocycles. The van der Waals surface area contributed by atoms with Crippen molar-refractivity contribution in [1.29, 1.82) is 0 Å². The first-order valence-corrected chi connectivity index (χ1v) is 8.45. The number of pyridine rings is 1. The molecule has 128 valence electrons. The van der Waals surface area contributed by atoms with Crippen LogP contribution >= 0.6 is 0 Å². The van der Waals surface area contributed by atoms with Crippen LogP contribution in [0.5, 0.6) is 5.75 Å². The van der Waals surface area contributed by atoms with Crippen LogP contribution in [0, 0.1) is 0 Å². The predicted octanol–water partition coefficient (Wildman–Crippen LogP) is 2.58. The van der Waals surface area contributed by atoms with Crippen LogP contribution in [-0.4, -0.2) is 39.9 Å². The van der Waals surface area contributed by atoms with E-state index in [0.29, 0.717) is 17.1 Å². The number of hydrogen-bond donors (Lipinski definition) is 1. The molecule has 0 aliphatic carbocycles. The van der Waals surface area contributed by atoms with E-state index in [1.807, 2.05) is 58.1 Å². The second kappa shape index (κ2) is 6.47. The van der Waals surface area contributed by atoms with Crippen molar-refractivity contribution in [2.24, 2.45) is 0 Å². The molecule has 0 saturated carbocycles. The molecule has 0 atom stereocenters. The molecule has 6 nitrogen and oxygen atoms in total. The van der Waals surface area contributed by atoms with Crippen LogP contribution in [-0.2, 0) is 4.79 Å². The summed E-state index contributed by atoms with van der Waals surface area (Å²) in [6.45, 7) is 1.70. The van der Waals surface area contributed by atoms with Gasteiger partial charge in [0.1, 0.15) is 0 Å². The molecule has 1 aliphatic heterocycles. The Hall–Kier alpha value is -3.02. The summed E-state index contributed by atoms with van der Waals surface area (Å²) in [5.41, 5.74) is 9.01. The largest absolute Gasteiger partial charge is 0.480 e. The molecule has 1 fully saturated rings. The topological polar surface area (TPSA) is 72.9 Å². The van der Waals surface area contributed by atoms with Gasteiger partial charge in [0.05, 0.1) is 5.69 Å². The van der Waals surface area contributed by atoms with Crippen molar-refractivity contribution in [3.8, 4) is 17.0 Å². The van der Waals surface area contributed by atoms with Gasteiger partial charge in [-0.3, -0.25) is 4.79 Å². The Morgan fingerprint density at radius 1 is 1.20 bits per heavy atom. The lowest BCUT2D eigenvalue weighted by Crippen LogP contribution is -2.32. The number of carbonyl (C=O) groups excluding carboxylic acids is 1. The number of benzene rings is 1. The Kier molecular flexibility index (Phi) is 4.01. The summed E-state index contributed by atoms with van der Waals surface area (Å²) in [7, 11) is 0. The van der Waals surface area contributed by atoms with Gasteiger partial charge in [-0.15, -0.1) is 0 Å². The van der Waals surface area contributed by atoms with Crippen molar-refractivity contribution in [1.82, 2.24) is 14.3 Å². The zero-order valence-electron chi connectivity index (χ0n) is 13.9. The van der Waals surface area contributed by atoms with Crippen molar-refractivity contribution in [3.05, 3.63) is 48.8 Å². The van der Waals surface area contributed by atoms with E-state index in [9.17, 15) is 4.79 Å². The number of nitrogen functional groups attached to an aromatic ring is 1. The first-order valence-electron chi connectivity index (χ1n) is 8.45. The molecule has 1 amide bonds. The molecule has 1 aliphatic rings. The van der Waals surface area contributed by atoms with E-state index < -0.39 is 0 Å². The molecule has 0 unspecified atom stereocenters. The number of aromatic nitrogens is 2. The third-order valence-electron chi connectivity index (χ3n) is 4.44. The van der Waals surface area contributed by atoms with Crippen LogP contribution in [0.4, 0.5) is 5.69 Å². The fourth-order valence-corrected chi connectivity index (χ4v) is 3.13. The number of fused-ring (bicyclic) bond motifs is 1. The highest BCUT2D eigenvalue weighted by Gasteiger charge is 2.19. The van der Waals surface area contributed by atoms with E-state index in [1.54, 1.807) is 0 Å². The standard InChI is InChI=1S/C19H20N4O2/c20-15-6-3-5-14(11-15)16-12-23-10-4-7-17(19(23)21-16)25-13-18(24)22-8-1-2-9-22/h3-7,10-12H,1-2,8-9,13,20H2. The number of ether oxygens (including phenoxy) is 1. The average molecular weight is 336 g/mol. The maximum atomic E-state index is 12.2. The summed E-state index contributed by atoms with van der Waals surface area (Å²) in [4.78, 5) is 18.7. The van der Waals surface area contributed by atoms with Gasteiger partial charge in [0, 0.05) is 36.7 Å². The summed E-state index contributed by atoms with van der Waals surface area (Å²) in [5, 5.41) is 0. The number of hydrogen-bond acceptors (Lipinski definition) is 4. The number of anilines is 1. The Balaban J connectivity index is 1.58. The van der Waals surface area contributed by atoms with Crippen molar-refractivity contribution in [2.45, 2.75) is 12.8 Å². The quantitative estimate of drug-likeness (QED) is 0.743. The van der Waals surface area contributed by atoms with E-state index in [1.165, 1.54) is 0 Å². The Morgan fingerprint density at radius 2 is 2.04 bits per heavy atom. The number of rotatable bonds is 4. The predicted molar refractivity (Wildman–Crippen MR) is 96.3 cm³/mol. The van der Waals surface area contributed by atoms with Crippen LogP contribution in [0.1, 0.15) is 12.8 Å². The van der Waals surface area contributed by atoms with E-state index in [2.05, 4.69) is 4.98 Å². The molecule has 3 aromatic rings. The summed E-state index contributed by atoms with van der Waals surface area (Å²) < 4.78 is 7.66. The van der Waals surface area contributed by atoms with Crippen LogP contribution in [0.3, 0.4) is 0 Å². The lowest BCUT2D eigenvalue weighted by atomic mass is 10.1. The molecular formula is C19H20N4O2. The number of likely N-dealkylation sites (tertiary alicyclic amines) is 1. The van der Waals surface area contributed by atoms with Gasteiger partial charge in [-0.1, -0.05) is 12.1 Å². The third kappa shape index (κ3) is 3.15. The van der Waals surface area contributed by atoms with Gasteiger partial charge in [0.15, 0.2) is 18.0 Å². The lowest BCUT2D eigenvalue weighted by Gasteiger charge is -2.15. The van der Waals surface area contributed by atoms with Gasteiger partial charge >= 0.3 is 0 Å². The van der Waals surface area contributed by atoms with Crippen molar-refractivity contribution in [2.75, 3.05) is 25.4 Å². The lowest BCUT2D eigenvalue weighted by molar-refractivity contribution is -0.132. The van der Waals surface area contributed by atoms with Gasteiger partial charge in [-0.05, 0) is 37.1 Å². The molecule has 2 N–H and O–H groups in total. The zero-order valence-corrected chi connectivity index (χ0v) is 13.9. The second-order valence-electron chi connectivity index (χ2n) is 6.23. The Labute approximate surface area is 145 Å². The number of amides is 1.